The van der Waals surface area contributed by atoms with Crippen molar-refractivity contribution in [3.63, 3.8) is 0 Å². The number of nitrogens with one attached hydrogen (secondary N) is 1. The summed E-state index contributed by atoms with van der Waals surface area (Å²) in [6, 6.07) is 19.4. The Bertz CT molecular complexity index is 668. The maximum atomic E-state index is 3.44. The van der Waals surface area contributed by atoms with Crippen LogP contribution in [0.15, 0.2) is 54.6 Å². The van der Waals surface area contributed by atoms with Gasteiger partial charge in [0.2, 0.25) is 0 Å². The summed E-state index contributed by atoms with van der Waals surface area (Å²) in [5.41, 5.74) is 3.78. The molecule has 0 amide bonds. The summed E-state index contributed by atoms with van der Waals surface area (Å²) in [7, 11) is 0. The van der Waals surface area contributed by atoms with Crippen molar-refractivity contribution in [2.75, 3.05) is 0 Å². The van der Waals surface area contributed by atoms with Crippen LogP contribution >= 0.6 is 0 Å². The third-order valence-electron chi connectivity index (χ3n) is 3.51. The molecule has 0 aliphatic carbocycles. The van der Waals surface area contributed by atoms with Gasteiger partial charge in [0, 0.05) is 6.92 Å². The van der Waals surface area contributed by atoms with Crippen molar-refractivity contribution in [1.29, 1.82) is 0 Å². The van der Waals surface area contributed by atoms with E-state index in [4.69, 9.17) is 0 Å². The minimum Gasteiger partial charge on any atom is -0.241 e. The SMILES string of the molecule is Cc1[nH]c2ccccc2[n+]1C(C)c1ccccc1. The van der Waals surface area contributed by atoms with E-state index in [0.717, 1.165) is 0 Å². The van der Waals surface area contributed by atoms with Crippen molar-refractivity contribution in [2.45, 2.75) is 19.9 Å². The number of imidazole rings is 1. The van der Waals surface area contributed by atoms with Crippen LogP contribution in [0, 0.1) is 6.92 Å². The van der Waals surface area contributed by atoms with Gasteiger partial charge in [0.1, 0.15) is 6.04 Å². The highest BCUT2D eigenvalue weighted by molar-refractivity contribution is 5.71. The van der Waals surface area contributed by atoms with Gasteiger partial charge in [0.15, 0.2) is 11.0 Å². The first-order valence-corrected chi connectivity index (χ1v) is 6.31. The number of hydrogen-bond acceptors (Lipinski definition) is 0. The number of H-pyrrole nitrogens is 1. The Balaban J connectivity index is 2.17. The second-order valence-corrected chi connectivity index (χ2v) is 4.68. The zero-order valence-corrected chi connectivity index (χ0v) is 10.7. The van der Waals surface area contributed by atoms with Crippen LogP contribution in [0.2, 0.25) is 0 Å². The van der Waals surface area contributed by atoms with Crippen LogP contribution in [0.5, 0.6) is 0 Å². The Morgan fingerprint density at radius 2 is 1.61 bits per heavy atom. The third-order valence-corrected chi connectivity index (χ3v) is 3.51. The molecule has 0 saturated heterocycles. The van der Waals surface area contributed by atoms with E-state index in [0.29, 0.717) is 6.04 Å². The normalized spacial score (nSPS) is 12.8. The molecule has 1 aromatic heterocycles. The molecule has 2 aromatic carbocycles. The first kappa shape index (κ1) is 11.0. The van der Waals surface area contributed by atoms with Crippen molar-refractivity contribution in [1.82, 2.24) is 4.98 Å². The second kappa shape index (κ2) is 4.30. The van der Waals surface area contributed by atoms with E-state index in [1.807, 2.05) is 0 Å². The van der Waals surface area contributed by atoms with Gasteiger partial charge in [-0.3, -0.25) is 0 Å². The summed E-state index contributed by atoms with van der Waals surface area (Å²) in [4.78, 5) is 3.44. The van der Waals surface area contributed by atoms with Crippen LogP contribution in [0.3, 0.4) is 0 Å². The molecule has 0 radical (unpaired) electrons. The van der Waals surface area contributed by atoms with Gasteiger partial charge >= 0.3 is 0 Å². The zero-order chi connectivity index (χ0) is 12.5. The van der Waals surface area contributed by atoms with Crippen LogP contribution in [0.25, 0.3) is 11.0 Å². The standard InChI is InChI=1S/C16H16N2/c1-12(14-8-4-3-5-9-14)18-13(2)17-15-10-6-7-11-16(15)18/h3-12H,1-2H3/p+1. The molecule has 3 aromatic rings. The van der Waals surface area contributed by atoms with Gasteiger partial charge in [-0.25, -0.2) is 9.55 Å². The third kappa shape index (κ3) is 1.70. The van der Waals surface area contributed by atoms with Gasteiger partial charge in [-0.2, -0.15) is 0 Å². The van der Waals surface area contributed by atoms with E-state index in [1.165, 1.54) is 22.4 Å². The number of para-hydroxylation sites is 2. The second-order valence-electron chi connectivity index (χ2n) is 4.68. The lowest BCUT2D eigenvalue weighted by atomic mass is 10.1. The Labute approximate surface area is 107 Å². The molecular formula is C16H17N2+. The van der Waals surface area contributed by atoms with E-state index < -0.39 is 0 Å². The number of hydrogen-bond donors (Lipinski definition) is 1. The van der Waals surface area contributed by atoms with Gasteiger partial charge < -0.3 is 0 Å². The molecule has 90 valence electrons. The fourth-order valence-electron chi connectivity index (χ4n) is 2.60. The highest BCUT2D eigenvalue weighted by Crippen LogP contribution is 2.17. The first-order valence-electron chi connectivity index (χ1n) is 6.31. The van der Waals surface area contributed by atoms with Crippen LogP contribution in [0.4, 0.5) is 0 Å². The van der Waals surface area contributed by atoms with E-state index in [1.54, 1.807) is 0 Å². The molecule has 2 heteroatoms. The molecule has 0 aliphatic rings. The van der Waals surface area contributed by atoms with Crippen LogP contribution in [0.1, 0.15) is 24.4 Å². The van der Waals surface area contributed by atoms with Gasteiger partial charge in [0.05, 0.1) is 0 Å². The summed E-state index contributed by atoms with van der Waals surface area (Å²) in [5.74, 6) is 1.19. The highest BCUT2D eigenvalue weighted by Gasteiger charge is 2.20. The lowest BCUT2D eigenvalue weighted by Crippen LogP contribution is -2.40. The van der Waals surface area contributed by atoms with Gasteiger partial charge in [-0.1, -0.05) is 42.5 Å². The Hall–Kier alpha value is -2.09. The van der Waals surface area contributed by atoms with Crippen molar-refractivity contribution < 1.29 is 4.57 Å². The summed E-state index contributed by atoms with van der Waals surface area (Å²) < 4.78 is 2.35. The van der Waals surface area contributed by atoms with Crippen LogP contribution in [-0.4, -0.2) is 4.98 Å². The van der Waals surface area contributed by atoms with E-state index in [9.17, 15) is 0 Å². The quantitative estimate of drug-likeness (QED) is 0.659. The van der Waals surface area contributed by atoms with Crippen molar-refractivity contribution in [2.24, 2.45) is 0 Å². The number of benzene rings is 2. The summed E-state index contributed by atoms with van der Waals surface area (Å²) in [6.07, 6.45) is 0. The molecule has 1 unspecified atom stereocenters. The molecule has 0 saturated carbocycles. The largest absolute Gasteiger partial charge is 0.252 e. The average Bonchev–Trinajstić information content (AvgIpc) is 2.75. The number of aromatic amines is 1. The van der Waals surface area contributed by atoms with Crippen LogP contribution in [-0.2, 0) is 0 Å². The minimum absolute atomic E-state index is 0.336. The lowest BCUT2D eigenvalue weighted by molar-refractivity contribution is -0.691. The molecule has 0 fully saturated rings. The van der Waals surface area contributed by atoms with Crippen molar-refractivity contribution >= 4 is 11.0 Å². The number of aryl methyl sites for hydroxylation is 1. The number of aromatic nitrogens is 2. The van der Waals surface area contributed by atoms with Crippen LogP contribution < -0.4 is 4.57 Å². The Kier molecular flexibility index (Phi) is 2.63. The van der Waals surface area contributed by atoms with E-state index in [2.05, 4.69) is 78.0 Å². The van der Waals surface area contributed by atoms with Gasteiger partial charge in [-0.15, -0.1) is 0 Å². The van der Waals surface area contributed by atoms with Gasteiger partial charge in [-0.05, 0) is 24.6 Å². The summed E-state index contributed by atoms with van der Waals surface area (Å²) >= 11 is 0. The molecular weight excluding hydrogens is 220 g/mol. The molecule has 3 rings (SSSR count). The van der Waals surface area contributed by atoms with E-state index in [-0.39, 0.29) is 0 Å². The fraction of sp³-hybridized carbons (Fsp3) is 0.188. The summed E-state index contributed by atoms with van der Waals surface area (Å²) in [5, 5.41) is 0. The molecule has 0 spiro atoms. The number of rotatable bonds is 2. The Morgan fingerprint density at radius 3 is 2.39 bits per heavy atom. The average molecular weight is 237 g/mol. The molecule has 2 nitrogen and oxygen atoms in total. The fourth-order valence-corrected chi connectivity index (χ4v) is 2.60. The minimum atomic E-state index is 0.336. The Morgan fingerprint density at radius 1 is 0.944 bits per heavy atom. The number of nitrogens with zero attached hydrogens (tertiary/aromatic N) is 1. The topological polar surface area (TPSA) is 19.7 Å². The monoisotopic (exact) mass is 237 g/mol. The van der Waals surface area contributed by atoms with Crippen molar-refractivity contribution in [3.8, 4) is 0 Å². The smallest absolute Gasteiger partial charge is 0.241 e. The molecule has 1 N–H and O–H groups in total. The maximum absolute atomic E-state index is 3.44. The molecule has 18 heavy (non-hydrogen) atoms. The molecule has 0 bridgehead atoms. The first-order chi connectivity index (χ1) is 8.77. The highest BCUT2D eigenvalue weighted by atomic mass is 15.1. The summed E-state index contributed by atoms with van der Waals surface area (Å²) in [6.45, 7) is 4.36. The molecule has 1 atom stereocenters. The van der Waals surface area contributed by atoms with E-state index >= 15 is 0 Å². The lowest BCUT2D eigenvalue weighted by Gasteiger charge is -2.10. The van der Waals surface area contributed by atoms with Gasteiger partial charge in [0.25, 0.3) is 5.82 Å². The predicted molar refractivity (Wildman–Crippen MR) is 73.5 cm³/mol. The number of fused-ring (bicyclic) bond motifs is 1. The molecule has 1 heterocycles. The zero-order valence-electron chi connectivity index (χ0n) is 10.7. The maximum Gasteiger partial charge on any atom is 0.252 e. The predicted octanol–water partition coefficient (Wildman–Crippen LogP) is 3.37. The van der Waals surface area contributed by atoms with Crippen molar-refractivity contribution in [3.05, 3.63) is 66.0 Å². The molecule has 0 aliphatic heterocycles.